The number of morpholine rings is 2. The third-order valence-electron chi connectivity index (χ3n) is 6.65. The molecular formula is C26H36N2O5+2. The number of quaternary nitrogens is 2. The smallest absolute Gasteiger partial charge is 0.305 e. The molecule has 178 valence electrons. The lowest BCUT2D eigenvalue weighted by Crippen LogP contribution is -2.59. The van der Waals surface area contributed by atoms with Crippen LogP contribution in [-0.4, -0.2) is 87.6 Å². The number of carbonyl (C=O) groups excluding carboxylic acids is 1. The Kier molecular flexibility index (Phi) is 6.14. The van der Waals surface area contributed by atoms with E-state index in [1.54, 1.807) is 0 Å². The number of benzene rings is 2. The lowest BCUT2D eigenvalue weighted by molar-refractivity contribution is -0.912. The van der Waals surface area contributed by atoms with Crippen LogP contribution < -0.4 is 0 Å². The van der Waals surface area contributed by atoms with Crippen molar-refractivity contribution in [3.63, 3.8) is 0 Å². The summed E-state index contributed by atoms with van der Waals surface area (Å²) in [4.78, 5) is 11.9. The number of likely N-dealkylation sites (N-methyl/N-ethyl adjacent to an activating group) is 2. The molecule has 0 saturated carbocycles. The van der Waals surface area contributed by atoms with Crippen LogP contribution in [0.5, 0.6) is 0 Å². The Balaban J connectivity index is 1.57. The Bertz CT molecular complexity index is 1000. The number of rotatable bonds is 4. The number of hydrogen-bond donors (Lipinski definition) is 1. The van der Waals surface area contributed by atoms with Gasteiger partial charge >= 0.3 is 5.97 Å². The molecule has 0 bridgehead atoms. The van der Waals surface area contributed by atoms with Gasteiger partial charge in [0, 0.05) is 18.1 Å². The Hall–Kier alpha value is -2.29. The zero-order chi connectivity index (χ0) is 23.9. The Morgan fingerprint density at radius 3 is 1.79 bits per heavy atom. The molecule has 33 heavy (non-hydrogen) atoms. The molecule has 2 aliphatic heterocycles. The molecule has 2 aromatic rings. The van der Waals surface area contributed by atoms with Crippen molar-refractivity contribution < 1.29 is 33.1 Å². The second-order valence-corrected chi connectivity index (χ2v) is 10.6. The first kappa shape index (κ1) is 23.9. The van der Waals surface area contributed by atoms with E-state index < -0.39 is 11.6 Å². The summed E-state index contributed by atoms with van der Waals surface area (Å²) in [6.07, 6.45) is 0. The van der Waals surface area contributed by atoms with Gasteiger partial charge in [-0.1, -0.05) is 48.5 Å². The first-order valence-corrected chi connectivity index (χ1v) is 11.5. The molecule has 7 nitrogen and oxygen atoms in total. The molecular weight excluding hydrogens is 420 g/mol. The van der Waals surface area contributed by atoms with Crippen molar-refractivity contribution in [3.8, 4) is 11.1 Å². The Morgan fingerprint density at radius 2 is 1.30 bits per heavy atom. The molecule has 2 saturated heterocycles. The summed E-state index contributed by atoms with van der Waals surface area (Å²) in [6.45, 7) is 5.25. The highest BCUT2D eigenvalue weighted by molar-refractivity contribution is 5.67. The van der Waals surface area contributed by atoms with Crippen LogP contribution in [0.3, 0.4) is 0 Å². The summed E-state index contributed by atoms with van der Waals surface area (Å²) in [6, 6.07) is 15.8. The first-order valence-electron chi connectivity index (χ1n) is 11.5. The van der Waals surface area contributed by atoms with Gasteiger partial charge in [0.25, 0.3) is 5.79 Å². The van der Waals surface area contributed by atoms with Crippen molar-refractivity contribution in [3.05, 3.63) is 59.7 Å². The molecule has 0 aromatic heterocycles. The van der Waals surface area contributed by atoms with Gasteiger partial charge in [-0.15, -0.1) is 0 Å². The molecule has 2 aliphatic rings. The molecule has 4 rings (SSSR count). The molecule has 0 aliphatic carbocycles. The molecule has 0 spiro atoms. The maximum absolute atomic E-state index is 11.9. The second-order valence-electron chi connectivity index (χ2n) is 10.6. The SMILES string of the molecule is CC(=O)OC1(c2ccc(-c3ccc(C4(O)C[N+](C)(C)CCO4)cc3)cc2)C[N+](C)(C)CCO1. The zero-order valence-corrected chi connectivity index (χ0v) is 20.3. The van der Waals surface area contributed by atoms with Gasteiger partial charge in [0.05, 0.1) is 34.8 Å². The third-order valence-corrected chi connectivity index (χ3v) is 6.65. The van der Waals surface area contributed by atoms with Crippen LogP contribution in [0.25, 0.3) is 11.1 Å². The van der Waals surface area contributed by atoms with E-state index >= 15 is 0 Å². The summed E-state index contributed by atoms with van der Waals surface area (Å²) in [5, 5.41) is 11.1. The highest BCUT2D eigenvalue weighted by atomic mass is 16.7. The molecule has 0 radical (unpaired) electrons. The van der Waals surface area contributed by atoms with Gasteiger partial charge < -0.3 is 28.3 Å². The minimum absolute atomic E-state index is 0.360. The van der Waals surface area contributed by atoms with Gasteiger partial charge in [-0.25, -0.2) is 0 Å². The predicted octanol–water partition coefficient (Wildman–Crippen LogP) is 2.43. The van der Waals surface area contributed by atoms with Crippen LogP contribution >= 0.6 is 0 Å². The van der Waals surface area contributed by atoms with Gasteiger partial charge in [-0.05, 0) is 11.1 Å². The van der Waals surface area contributed by atoms with Crippen molar-refractivity contribution in [1.29, 1.82) is 0 Å². The van der Waals surface area contributed by atoms with E-state index in [2.05, 4.69) is 28.2 Å². The van der Waals surface area contributed by atoms with Gasteiger partial charge in [-0.3, -0.25) is 4.79 Å². The van der Waals surface area contributed by atoms with Crippen LogP contribution in [0.15, 0.2) is 48.5 Å². The number of carbonyl (C=O) groups is 1. The Morgan fingerprint density at radius 1 is 0.818 bits per heavy atom. The summed E-state index contributed by atoms with van der Waals surface area (Å²) in [5.74, 6) is -2.71. The fourth-order valence-electron chi connectivity index (χ4n) is 4.85. The summed E-state index contributed by atoms with van der Waals surface area (Å²) < 4.78 is 19.0. The summed E-state index contributed by atoms with van der Waals surface area (Å²) >= 11 is 0. The van der Waals surface area contributed by atoms with Crippen LogP contribution in [0.2, 0.25) is 0 Å². The highest BCUT2D eigenvalue weighted by Gasteiger charge is 2.47. The van der Waals surface area contributed by atoms with Crippen LogP contribution in [0.4, 0.5) is 0 Å². The molecule has 2 aromatic carbocycles. The number of hydrogen-bond acceptors (Lipinski definition) is 5. The van der Waals surface area contributed by atoms with Crippen LogP contribution in [0.1, 0.15) is 18.1 Å². The number of ether oxygens (including phenoxy) is 3. The number of aliphatic hydroxyl groups is 1. The van der Waals surface area contributed by atoms with E-state index in [4.69, 9.17) is 14.2 Å². The first-order chi connectivity index (χ1) is 15.4. The van der Waals surface area contributed by atoms with Crippen molar-refractivity contribution in [2.75, 3.05) is 67.6 Å². The molecule has 7 heteroatoms. The van der Waals surface area contributed by atoms with Gasteiger partial charge in [0.1, 0.15) is 32.8 Å². The van der Waals surface area contributed by atoms with Crippen LogP contribution in [-0.2, 0) is 30.6 Å². The molecule has 1 N–H and O–H groups in total. The van der Waals surface area contributed by atoms with E-state index in [9.17, 15) is 9.90 Å². The number of esters is 1. The molecule has 2 fully saturated rings. The molecule has 2 unspecified atom stereocenters. The van der Waals surface area contributed by atoms with E-state index in [1.807, 2.05) is 48.5 Å². The lowest BCUT2D eigenvalue weighted by Gasteiger charge is -2.44. The minimum Gasteiger partial charge on any atom is -0.422 e. The van der Waals surface area contributed by atoms with E-state index in [0.717, 1.165) is 35.3 Å². The van der Waals surface area contributed by atoms with Crippen LogP contribution in [0, 0.1) is 0 Å². The largest absolute Gasteiger partial charge is 0.422 e. The molecule has 2 heterocycles. The van der Waals surface area contributed by atoms with Crippen molar-refractivity contribution in [2.45, 2.75) is 18.5 Å². The summed E-state index contributed by atoms with van der Waals surface area (Å²) in [7, 11) is 8.42. The van der Waals surface area contributed by atoms with Gasteiger partial charge in [-0.2, -0.15) is 0 Å². The summed E-state index contributed by atoms with van der Waals surface area (Å²) in [5.41, 5.74) is 3.65. The molecule has 2 atom stereocenters. The quantitative estimate of drug-likeness (QED) is 0.566. The predicted molar refractivity (Wildman–Crippen MR) is 125 cm³/mol. The highest BCUT2D eigenvalue weighted by Crippen LogP contribution is 2.35. The van der Waals surface area contributed by atoms with Crippen molar-refractivity contribution in [1.82, 2.24) is 0 Å². The van der Waals surface area contributed by atoms with Gasteiger partial charge in [0.2, 0.25) is 5.79 Å². The van der Waals surface area contributed by atoms with E-state index in [0.29, 0.717) is 35.3 Å². The standard InChI is InChI=1S/C26H36N2O5/c1-20(29)33-26(19-28(4,5)15-17-32-26)24-12-8-22(9-13-24)21-6-10-23(11-7-21)25(30)18-27(2,3)14-16-31-25/h6-13,30H,14-19H2,1-5H3/q+2. The normalized spacial score (nSPS) is 28.8. The monoisotopic (exact) mass is 456 g/mol. The maximum atomic E-state index is 11.9. The third kappa shape index (κ3) is 5.13. The van der Waals surface area contributed by atoms with Gasteiger partial charge in [0.15, 0.2) is 0 Å². The van der Waals surface area contributed by atoms with E-state index in [1.165, 1.54) is 6.92 Å². The second kappa shape index (κ2) is 8.49. The number of nitrogens with zero attached hydrogens (tertiary/aromatic N) is 2. The topological polar surface area (TPSA) is 65.0 Å². The molecule has 0 amide bonds. The minimum atomic E-state index is -1.27. The van der Waals surface area contributed by atoms with Crippen molar-refractivity contribution in [2.24, 2.45) is 0 Å². The van der Waals surface area contributed by atoms with E-state index in [-0.39, 0.29) is 5.97 Å². The fourth-order valence-corrected chi connectivity index (χ4v) is 4.85. The van der Waals surface area contributed by atoms with Crippen molar-refractivity contribution >= 4 is 5.97 Å². The average molecular weight is 457 g/mol. The zero-order valence-electron chi connectivity index (χ0n) is 20.3. The average Bonchev–Trinajstić information content (AvgIpc) is 2.72. The fraction of sp³-hybridized carbons (Fsp3) is 0.500. The maximum Gasteiger partial charge on any atom is 0.305 e. The Labute approximate surface area is 196 Å². The lowest BCUT2D eigenvalue weighted by atomic mass is 9.96.